The fourth-order valence-corrected chi connectivity index (χ4v) is 3.46. The summed E-state index contributed by atoms with van der Waals surface area (Å²) in [5.74, 6) is 0.709. The zero-order valence-corrected chi connectivity index (χ0v) is 15.7. The van der Waals surface area contributed by atoms with Gasteiger partial charge >= 0.3 is 0 Å². The molecule has 2 rings (SSSR count). The molecule has 0 saturated carbocycles. The Morgan fingerprint density at radius 1 is 1.33 bits per heavy atom. The van der Waals surface area contributed by atoms with Gasteiger partial charge in [0, 0.05) is 21.5 Å². The molecule has 1 amide bonds. The first-order valence-corrected chi connectivity index (χ1v) is 9.04. The molecule has 1 aliphatic heterocycles. The van der Waals surface area contributed by atoms with Crippen molar-refractivity contribution in [3.8, 4) is 0 Å². The van der Waals surface area contributed by atoms with Crippen LogP contribution in [0.25, 0.3) is 0 Å². The largest absolute Gasteiger partial charge is 0.336 e. The summed E-state index contributed by atoms with van der Waals surface area (Å²) < 4.78 is 1.78. The molecule has 1 aromatic carbocycles. The van der Waals surface area contributed by atoms with Crippen LogP contribution in [0.1, 0.15) is 37.0 Å². The quantitative estimate of drug-likeness (QED) is 0.800. The van der Waals surface area contributed by atoms with Crippen LogP contribution in [-0.2, 0) is 0 Å². The lowest BCUT2D eigenvalue weighted by atomic mass is 9.96. The summed E-state index contributed by atoms with van der Waals surface area (Å²) in [6, 6.07) is 5.95. The predicted octanol–water partition coefficient (Wildman–Crippen LogP) is 4.06. The molecule has 1 heterocycles. The monoisotopic (exact) mass is 416 g/mol. The number of piperidine rings is 1. The van der Waals surface area contributed by atoms with Gasteiger partial charge in [0.15, 0.2) is 0 Å². The molecule has 0 aromatic heterocycles. The second-order valence-electron chi connectivity index (χ2n) is 5.87. The van der Waals surface area contributed by atoms with Crippen molar-refractivity contribution < 1.29 is 4.79 Å². The van der Waals surface area contributed by atoms with Crippen LogP contribution in [0.2, 0.25) is 0 Å². The summed E-state index contributed by atoms with van der Waals surface area (Å²) in [6.07, 6.45) is 2.30. The van der Waals surface area contributed by atoms with Crippen LogP contribution in [0.15, 0.2) is 27.1 Å². The van der Waals surface area contributed by atoms with Gasteiger partial charge in [0.2, 0.25) is 0 Å². The van der Waals surface area contributed by atoms with E-state index in [1.165, 1.54) is 0 Å². The van der Waals surface area contributed by atoms with E-state index in [0.717, 1.165) is 47.0 Å². The number of carbonyl (C=O) groups is 1. The smallest absolute Gasteiger partial charge is 0.255 e. The molecule has 3 nitrogen and oxygen atoms in total. The highest BCUT2D eigenvalue weighted by Crippen LogP contribution is 2.25. The molecule has 1 saturated heterocycles. The fraction of sp³-hybridized carbons (Fsp3) is 0.562. The van der Waals surface area contributed by atoms with Gasteiger partial charge in [0.05, 0.1) is 5.56 Å². The molecule has 1 fully saturated rings. The van der Waals surface area contributed by atoms with Crippen molar-refractivity contribution in [1.82, 2.24) is 10.2 Å². The van der Waals surface area contributed by atoms with E-state index < -0.39 is 0 Å². The lowest BCUT2D eigenvalue weighted by Gasteiger charge is -2.33. The van der Waals surface area contributed by atoms with E-state index in [2.05, 4.69) is 51.0 Å². The number of carbonyl (C=O) groups excluding carboxylic acids is 1. The molecule has 0 bridgehead atoms. The van der Waals surface area contributed by atoms with Crippen LogP contribution >= 0.6 is 31.9 Å². The second kappa shape index (κ2) is 7.75. The Hall–Kier alpha value is -0.390. The molecule has 1 aromatic rings. The van der Waals surface area contributed by atoms with Crippen LogP contribution in [-0.4, -0.2) is 36.5 Å². The highest BCUT2D eigenvalue weighted by Gasteiger charge is 2.25. The zero-order valence-electron chi connectivity index (χ0n) is 12.5. The van der Waals surface area contributed by atoms with Gasteiger partial charge in [-0.1, -0.05) is 15.9 Å². The third kappa shape index (κ3) is 4.54. The summed E-state index contributed by atoms with van der Waals surface area (Å²) >= 11 is 6.94. The molecule has 5 heteroatoms. The Morgan fingerprint density at radius 2 is 2.00 bits per heavy atom. The predicted molar refractivity (Wildman–Crippen MR) is 93.6 cm³/mol. The topological polar surface area (TPSA) is 32.3 Å². The van der Waals surface area contributed by atoms with E-state index in [1.807, 2.05) is 23.1 Å². The van der Waals surface area contributed by atoms with Crippen molar-refractivity contribution in [1.29, 1.82) is 0 Å². The highest BCUT2D eigenvalue weighted by molar-refractivity contribution is 9.11. The van der Waals surface area contributed by atoms with Crippen molar-refractivity contribution in [2.24, 2.45) is 5.92 Å². The summed E-state index contributed by atoms with van der Waals surface area (Å²) in [6.45, 7) is 7.14. The van der Waals surface area contributed by atoms with Gasteiger partial charge in [-0.2, -0.15) is 0 Å². The fourth-order valence-electron chi connectivity index (χ4n) is 2.69. The standard InChI is InChI=1S/C16H22Br2N2O/c1-11(2)20(10-12-5-7-19-8-6-12)16(21)14-9-13(17)3-4-15(14)18/h3-4,9,11-12,19H,5-8,10H2,1-2H3. The average molecular weight is 418 g/mol. The Labute approximate surface area is 143 Å². The zero-order chi connectivity index (χ0) is 15.4. The number of amides is 1. The van der Waals surface area contributed by atoms with Gasteiger partial charge < -0.3 is 10.2 Å². The summed E-state index contributed by atoms with van der Waals surface area (Å²) in [7, 11) is 0. The Bertz CT molecular complexity index is 499. The SMILES string of the molecule is CC(C)N(CC1CCNCC1)C(=O)c1cc(Br)ccc1Br. The minimum Gasteiger partial charge on any atom is -0.336 e. The molecule has 21 heavy (non-hydrogen) atoms. The van der Waals surface area contributed by atoms with E-state index in [1.54, 1.807) is 0 Å². The van der Waals surface area contributed by atoms with Crippen molar-refractivity contribution in [3.05, 3.63) is 32.7 Å². The second-order valence-corrected chi connectivity index (χ2v) is 7.64. The summed E-state index contributed by atoms with van der Waals surface area (Å²) in [4.78, 5) is 14.9. The average Bonchev–Trinajstić information content (AvgIpc) is 2.47. The first kappa shape index (κ1) is 17.0. The van der Waals surface area contributed by atoms with Crippen LogP contribution in [0, 0.1) is 5.92 Å². The van der Waals surface area contributed by atoms with E-state index in [-0.39, 0.29) is 11.9 Å². The highest BCUT2D eigenvalue weighted by atomic mass is 79.9. The Morgan fingerprint density at radius 3 is 2.62 bits per heavy atom. The molecule has 0 aliphatic carbocycles. The van der Waals surface area contributed by atoms with E-state index in [9.17, 15) is 4.79 Å². The summed E-state index contributed by atoms with van der Waals surface area (Å²) in [5.41, 5.74) is 0.729. The normalized spacial score (nSPS) is 16.2. The molecule has 0 atom stereocenters. The van der Waals surface area contributed by atoms with Crippen LogP contribution in [0.3, 0.4) is 0 Å². The lowest BCUT2D eigenvalue weighted by molar-refractivity contribution is 0.0657. The number of hydrogen-bond acceptors (Lipinski definition) is 2. The van der Waals surface area contributed by atoms with E-state index in [0.29, 0.717) is 5.92 Å². The van der Waals surface area contributed by atoms with Gasteiger partial charge in [-0.05, 0) is 79.8 Å². The van der Waals surface area contributed by atoms with Crippen molar-refractivity contribution in [3.63, 3.8) is 0 Å². The van der Waals surface area contributed by atoms with Gasteiger partial charge in [0.1, 0.15) is 0 Å². The van der Waals surface area contributed by atoms with Gasteiger partial charge in [-0.15, -0.1) is 0 Å². The molecular weight excluding hydrogens is 396 g/mol. The number of rotatable bonds is 4. The van der Waals surface area contributed by atoms with Gasteiger partial charge in [-0.25, -0.2) is 0 Å². The summed E-state index contributed by atoms with van der Waals surface area (Å²) in [5, 5.41) is 3.38. The van der Waals surface area contributed by atoms with Crippen molar-refractivity contribution in [2.75, 3.05) is 19.6 Å². The minimum absolute atomic E-state index is 0.108. The molecule has 1 aliphatic rings. The Kier molecular flexibility index (Phi) is 6.26. The molecular formula is C16H22Br2N2O. The third-order valence-electron chi connectivity index (χ3n) is 3.96. The number of nitrogens with zero attached hydrogens (tertiary/aromatic N) is 1. The maximum absolute atomic E-state index is 12.9. The van der Waals surface area contributed by atoms with Gasteiger partial charge in [0.25, 0.3) is 5.91 Å². The number of hydrogen-bond donors (Lipinski definition) is 1. The van der Waals surface area contributed by atoms with E-state index >= 15 is 0 Å². The first-order chi connectivity index (χ1) is 9.99. The molecule has 1 N–H and O–H groups in total. The first-order valence-electron chi connectivity index (χ1n) is 7.45. The van der Waals surface area contributed by atoms with E-state index in [4.69, 9.17) is 0 Å². The maximum Gasteiger partial charge on any atom is 0.255 e. The van der Waals surface area contributed by atoms with Gasteiger partial charge in [-0.3, -0.25) is 4.79 Å². The number of benzene rings is 1. The van der Waals surface area contributed by atoms with Crippen LogP contribution < -0.4 is 5.32 Å². The third-order valence-corrected chi connectivity index (χ3v) is 5.14. The molecule has 0 unspecified atom stereocenters. The lowest BCUT2D eigenvalue weighted by Crippen LogP contribution is -2.43. The number of halogens is 2. The minimum atomic E-state index is 0.108. The number of nitrogens with one attached hydrogen (secondary N) is 1. The maximum atomic E-state index is 12.9. The van der Waals surface area contributed by atoms with Crippen LogP contribution in [0.5, 0.6) is 0 Å². The van der Waals surface area contributed by atoms with Crippen molar-refractivity contribution >= 4 is 37.8 Å². The van der Waals surface area contributed by atoms with Crippen molar-refractivity contribution in [2.45, 2.75) is 32.7 Å². The molecule has 0 spiro atoms. The molecule has 116 valence electrons. The molecule has 0 radical (unpaired) electrons. The Balaban J connectivity index is 2.16. The van der Waals surface area contributed by atoms with Crippen LogP contribution in [0.4, 0.5) is 0 Å².